The summed E-state index contributed by atoms with van der Waals surface area (Å²) in [6, 6.07) is 1.66. The topological polar surface area (TPSA) is 15.3 Å². The molecular weight excluding hydrogens is 232 g/mol. The van der Waals surface area contributed by atoms with Gasteiger partial charge in [-0.25, -0.2) is 0 Å². The van der Waals surface area contributed by atoms with E-state index in [0.29, 0.717) is 6.04 Å². The van der Waals surface area contributed by atoms with Gasteiger partial charge in [0.1, 0.15) is 0 Å². The van der Waals surface area contributed by atoms with Gasteiger partial charge < -0.3 is 10.2 Å². The van der Waals surface area contributed by atoms with Gasteiger partial charge >= 0.3 is 0 Å². The first-order valence-corrected chi connectivity index (χ1v) is 8.78. The number of nitrogens with one attached hydrogen (secondary N) is 1. The molecule has 2 aliphatic rings. The van der Waals surface area contributed by atoms with Gasteiger partial charge in [0, 0.05) is 12.1 Å². The largest absolute Gasteiger partial charge is 0.315 e. The van der Waals surface area contributed by atoms with E-state index < -0.39 is 0 Å². The summed E-state index contributed by atoms with van der Waals surface area (Å²) >= 11 is 0. The third-order valence-corrected chi connectivity index (χ3v) is 5.24. The molecule has 0 aromatic heterocycles. The van der Waals surface area contributed by atoms with Crippen molar-refractivity contribution >= 4 is 0 Å². The molecule has 1 aliphatic heterocycles. The monoisotopic (exact) mass is 266 g/mol. The number of rotatable bonds is 7. The van der Waals surface area contributed by atoms with E-state index in [-0.39, 0.29) is 0 Å². The second-order valence-corrected chi connectivity index (χ2v) is 6.74. The number of hydrogen-bond donors (Lipinski definition) is 1. The van der Waals surface area contributed by atoms with Crippen LogP contribution in [0.15, 0.2) is 0 Å². The van der Waals surface area contributed by atoms with E-state index in [1.165, 1.54) is 70.9 Å². The van der Waals surface area contributed by atoms with Crippen molar-refractivity contribution in [1.82, 2.24) is 10.2 Å². The van der Waals surface area contributed by atoms with Crippen LogP contribution in [0.2, 0.25) is 0 Å². The third kappa shape index (κ3) is 4.75. The number of piperidine rings is 1. The molecule has 0 aromatic carbocycles. The molecule has 2 nitrogen and oxygen atoms in total. The number of nitrogens with zero attached hydrogens (tertiary/aromatic N) is 1. The normalized spacial score (nSPS) is 30.0. The van der Waals surface area contributed by atoms with Crippen LogP contribution in [-0.4, -0.2) is 36.6 Å². The highest BCUT2D eigenvalue weighted by Gasteiger charge is 2.32. The molecule has 1 saturated heterocycles. The molecule has 0 radical (unpaired) electrons. The molecule has 0 spiro atoms. The highest BCUT2D eigenvalue weighted by atomic mass is 15.2. The van der Waals surface area contributed by atoms with Gasteiger partial charge in [-0.3, -0.25) is 0 Å². The van der Waals surface area contributed by atoms with Crippen LogP contribution in [0.1, 0.15) is 71.6 Å². The van der Waals surface area contributed by atoms with Crippen molar-refractivity contribution in [2.45, 2.75) is 83.7 Å². The van der Waals surface area contributed by atoms with E-state index in [4.69, 9.17) is 0 Å². The van der Waals surface area contributed by atoms with Crippen LogP contribution in [0, 0.1) is 5.92 Å². The highest BCUT2D eigenvalue weighted by Crippen LogP contribution is 2.35. The van der Waals surface area contributed by atoms with Crippen LogP contribution < -0.4 is 5.32 Å². The molecule has 1 N–H and O–H groups in total. The maximum atomic E-state index is 3.52. The zero-order chi connectivity index (χ0) is 13.5. The van der Waals surface area contributed by atoms with Crippen LogP contribution in [0.5, 0.6) is 0 Å². The Morgan fingerprint density at radius 2 is 1.89 bits per heavy atom. The molecule has 19 heavy (non-hydrogen) atoms. The van der Waals surface area contributed by atoms with Crippen molar-refractivity contribution in [2.75, 3.05) is 19.6 Å². The average molecular weight is 266 g/mol. The quantitative estimate of drug-likeness (QED) is 0.705. The smallest absolute Gasteiger partial charge is 0.0123 e. The third-order valence-electron chi connectivity index (χ3n) is 5.24. The summed E-state index contributed by atoms with van der Waals surface area (Å²) in [5.74, 6) is 1.04. The number of likely N-dealkylation sites (tertiary alicyclic amines) is 1. The summed E-state index contributed by atoms with van der Waals surface area (Å²) in [5.41, 5.74) is 0. The van der Waals surface area contributed by atoms with Crippen LogP contribution in [0.4, 0.5) is 0 Å². The fourth-order valence-corrected chi connectivity index (χ4v) is 4.22. The average Bonchev–Trinajstić information content (AvgIpc) is 2.44. The van der Waals surface area contributed by atoms with Crippen LogP contribution in [0.3, 0.4) is 0 Å². The number of hydrogen-bond acceptors (Lipinski definition) is 2. The van der Waals surface area contributed by atoms with Gasteiger partial charge in [0.2, 0.25) is 0 Å². The molecule has 3 atom stereocenters. The summed E-state index contributed by atoms with van der Waals surface area (Å²) < 4.78 is 0. The second-order valence-electron chi connectivity index (χ2n) is 6.74. The van der Waals surface area contributed by atoms with E-state index in [1.807, 2.05) is 0 Å². The molecule has 0 amide bonds. The summed E-state index contributed by atoms with van der Waals surface area (Å²) in [6.07, 6.45) is 13.1. The lowest BCUT2D eigenvalue weighted by Crippen LogP contribution is -2.47. The van der Waals surface area contributed by atoms with Gasteiger partial charge in [-0.05, 0) is 71.0 Å². The predicted octanol–water partition coefficient (Wildman–Crippen LogP) is 3.81. The van der Waals surface area contributed by atoms with Crippen molar-refractivity contribution in [1.29, 1.82) is 0 Å². The van der Waals surface area contributed by atoms with Gasteiger partial charge in [0.25, 0.3) is 0 Å². The van der Waals surface area contributed by atoms with Gasteiger partial charge in [-0.1, -0.05) is 26.2 Å². The van der Waals surface area contributed by atoms with E-state index in [0.717, 1.165) is 18.5 Å². The Kier molecular flexibility index (Phi) is 6.66. The fourth-order valence-electron chi connectivity index (χ4n) is 4.22. The first-order chi connectivity index (χ1) is 9.31. The van der Waals surface area contributed by atoms with Crippen molar-refractivity contribution in [3.05, 3.63) is 0 Å². The highest BCUT2D eigenvalue weighted by molar-refractivity contribution is 4.87. The standard InChI is InChI=1S/C17H34N2/c1-3-18-15(2)9-6-7-13-19-14-8-11-16-10-4-5-12-17(16)19/h15-18H,3-14H2,1-2H3. The molecule has 112 valence electrons. The molecule has 1 saturated carbocycles. The Morgan fingerprint density at radius 3 is 2.74 bits per heavy atom. The van der Waals surface area contributed by atoms with Gasteiger partial charge in [-0.15, -0.1) is 0 Å². The zero-order valence-electron chi connectivity index (χ0n) is 13.2. The lowest BCUT2D eigenvalue weighted by molar-refractivity contribution is 0.0594. The summed E-state index contributed by atoms with van der Waals surface area (Å²) in [6.45, 7) is 8.37. The molecule has 2 heteroatoms. The first kappa shape index (κ1) is 15.3. The molecule has 1 heterocycles. The van der Waals surface area contributed by atoms with E-state index in [1.54, 1.807) is 0 Å². The zero-order valence-corrected chi connectivity index (χ0v) is 13.2. The minimum absolute atomic E-state index is 0.703. The Labute approximate surface area is 120 Å². The molecule has 0 bridgehead atoms. The number of unbranched alkanes of at least 4 members (excludes halogenated alkanes) is 1. The fraction of sp³-hybridized carbons (Fsp3) is 1.00. The second kappa shape index (κ2) is 8.26. The summed E-state index contributed by atoms with van der Waals surface area (Å²) in [4.78, 5) is 2.84. The minimum Gasteiger partial charge on any atom is -0.315 e. The maximum absolute atomic E-state index is 3.52. The van der Waals surface area contributed by atoms with E-state index >= 15 is 0 Å². The molecule has 2 rings (SSSR count). The molecule has 0 aromatic rings. The van der Waals surface area contributed by atoms with Crippen molar-refractivity contribution in [3.8, 4) is 0 Å². The first-order valence-electron chi connectivity index (χ1n) is 8.78. The van der Waals surface area contributed by atoms with Crippen molar-refractivity contribution < 1.29 is 0 Å². The number of fused-ring (bicyclic) bond motifs is 1. The molecular formula is C17H34N2. The molecule has 2 fully saturated rings. The minimum atomic E-state index is 0.703. The Hall–Kier alpha value is -0.0800. The van der Waals surface area contributed by atoms with Gasteiger partial charge in [-0.2, -0.15) is 0 Å². The van der Waals surface area contributed by atoms with Crippen LogP contribution in [-0.2, 0) is 0 Å². The lowest BCUT2D eigenvalue weighted by Gasteiger charge is -2.44. The Bertz CT molecular complexity index is 239. The van der Waals surface area contributed by atoms with E-state index in [2.05, 4.69) is 24.1 Å². The predicted molar refractivity (Wildman–Crippen MR) is 83.5 cm³/mol. The SMILES string of the molecule is CCNC(C)CCCCN1CCCC2CCCCC21. The lowest BCUT2D eigenvalue weighted by atomic mass is 9.78. The summed E-state index contributed by atoms with van der Waals surface area (Å²) in [7, 11) is 0. The van der Waals surface area contributed by atoms with Gasteiger partial charge in [0.05, 0.1) is 0 Å². The van der Waals surface area contributed by atoms with Crippen LogP contribution >= 0.6 is 0 Å². The van der Waals surface area contributed by atoms with Crippen molar-refractivity contribution in [2.24, 2.45) is 5.92 Å². The molecule has 1 aliphatic carbocycles. The molecule has 3 unspecified atom stereocenters. The van der Waals surface area contributed by atoms with Crippen molar-refractivity contribution in [3.63, 3.8) is 0 Å². The summed E-state index contributed by atoms with van der Waals surface area (Å²) in [5, 5.41) is 3.52. The Morgan fingerprint density at radius 1 is 1.11 bits per heavy atom. The Balaban J connectivity index is 1.64. The van der Waals surface area contributed by atoms with Crippen LogP contribution in [0.25, 0.3) is 0 Å². The van der Waals surface area contributed by atoms with Gasteiger partial charge in [0.15, 0.2) is 0 Å². The van der Waals surface area contributed by atoms with E-state index in [9.17, 15) is 0 Å². The maximum Gasteiger partial charge on any atom is 0.0123 e.